The number of hydrogen-bond donors (Lipinski definition) is 2. The van der Waals surface area contributed by atoms with Crippen LogP contribution in [0.3, 0.4) is 0 Å². The van der Waals surface area contributed by atoms with Crippen LogP contribution < -0.4 is 29.6 Å². The van der Waals surface area contributed by atoms with Crippen molar-refractivity contribution in [2.24, 2.45) is 0 Å². The second-order valence-corrected chi connectivity index (χ2v) is 27.7. The number of benzene rings is 9. The molecule has 0 radical (unpaired) electrons. The summed E-state index contributed by atoms with van der Waals surface area (Å²) in [5.41, 5.74) is 3.36. The lowest BCUT2D eigenvalue weighted by atomic mass is 9.80. The van der Waals surface area contributed by atoms with Crippen molar-refractivity contribution in [2.75, 3.05) is 52.6 Å². The van der Waals surface area contributed by atoms with E-state index in [-0.39, 0.29) is 104 Å². The Bertz CT molecular complexity index is 3860. The van der Waals surface area contributed by atoms with Gasteiger partial charge in [0.1, 0.15) is 59.1 Å². The maximum Gasteiger partial charge on any atom is 0.262 e. The Hall–Kier alpha value is -9.38. The molecule has 0 fully saturated rings. The molecule has 2 heterocycles. The van der Waals surface area contributed by atoms with Gasteiger partial charge in [-0.3, -0.25) is 38.6 Å². The Kier molecular flexibility index (Phi) is 17.2. The average Bonchev–Trinajstić information content (AvgIpc) is 0.674. The van der Waals surface area contributed by atoms with Gasteiger partial charge in [-0.05, 0) is 131 Å². The maximum atomic E-state index is 15.6. The molecule has 9 aromatic rings. The van der Waals surface area contributed by atoms with Gasteiger partial charge in [0.15, 0.2) is 0 Å². The lowest BCUT2D eigenvalue weighted by Gasteiger charge is -2.32. The third kappa shape index (κ3) is 12.4. The van der Waals surface area contributed by atoms with E-state index < -0.39 is 48.5 Å². The van der Waals surface area contributed by atoms with Crippen LogP contribution in [0.4, 0.5) is 0 Å². The Morgan fingerprint density at radius 3 is 0.783 bits per heavy atom. The molecule has 9 aromatic carbocycles. The zero-order valence-electron chi connectivity index (χ0n) is 55.0. The average molecular weight is 1240 g/mol. The summed E-state index contributed by atoms with van der Waals surface area (Å²) >= 11 is 0. The van der Waals surface area contributed by atoms with Gasteiger partial charge < -0.3 is 39.1 Å². The van der Waals surface area contributed by atoms with E-state index in [1.807, 2.05) is 111 Å². The minimum atomic E-state index is -0.764. The van der Waals surface area contributed by atoms with Crippen molar-refractivity contribution in [2.45, 2.75) is 119 Å². The highest BCUT2D eigenvalue weighted by Crippen LogP contribution is 2.58. The van der Waals surface area contributed by atoms with Crippen LogP contribution in [0, 0.1) is 0 Å². The van der Waals surface area contributed by atoms with Crippen LogP contribution in [0.25, 0.3) is 43.1 Å². The fourth-order valence-corrected chi connectivity index (χ4v) is 12.0. The van der Waals surface area contributed by atoms with E-state index in [4.69, 9.17) is 28.4 Å². The van der Waals surface area contributed by atoms with Gasteiger partial charge in [-0.25, -0.2) is 0 Å². The normalized spacial score (nSPS) is 13.7. The second kappa shape index (κ2) is 24.7. The fourth-order valence-electron chi connectivity index (χ4n) is 12.0. The molecule has 0 saturated carbocycles. The number of amides is 6. The number of ether oxygens (including phenoxy) is 6. The van der Waals surface area contributed by atoms with Gasteiger partial charge >= 0.3 is 0 Å². The molecule has 0 atom stereocenters. The van der Waals surface area contributed by atoms with E-state index in [1.54, 1.807) is 24.3 Å². The Labute approximate surface area is 536 Å². The van der Waals surface area contributed by atoms with Crippen LogP contribution in [0.1, 0.15) is 161 Å². The highest BCUT2D eigenvalue weighted by molar-refractivity contribution is 6.45. The first kappa shape index (κ1) is 64.2. The molecule has 92 heavy (non-hydrogen) atoms. The lowest BCUT2D eigenvalue weighted by molar-refractivity contribution is -0.122. The standard InChI is InChI=1S/C76H80N4O12/c1-15-87-35-33-77-59(81)41-79-69(83)51-37-55(89-47-25-17-43(18-26-47)73(3,4)5)63-65-57(91-49-29-21-45(22-30-49)75(9,10)11)39-53-62-54(72(86)80(71(53)85)42-60(82)78-34-36-88-16-2)40-58(92-50-31-23-46(24-32-50)76(12,13)14)66(68(62)65)64-56(38-52(70(79)84)61(51)67(63)64)90-48-27-19-44(20-28-48)74(6,7)8/h17-32,37-40H,15-16,33-36,41-42H2,1-14H3,(H,77,81)(H,78,82). The van der Waals surface area contributed by atoms with Crippen molar-refractivity contribution >= 4 is 78.5 Å². The van der Waals surface area contributed by atoms with Gasteiger partial charge in [0.25, 0.3) is 23.6 Å². The molecular weight excluding hydrogens is 1160 g/mol. The summed E-state index contributed by atoms with van der Waals surface area (Å²) < 4.78 is 39.7. The molecule has 2 aliphatic heterocycles. The number of nitrogens with one attached hydrogen (secondary N) is 2. The van der Waals surface area contributed by atoms with Gasteiger partial charge in [-0.15, -0.1) is 0 Å². The van der Waals surface area contributed by atoms with E-state index in [1.165, 1.54) is 0 Å². The van der Waals surface area contributed by atoms with Crippen molar-refractivity contribution in [3.05, 3.63) is 166 Å². The third-order valence-corrected chi connectivity index (χ3v) is 17.0. The minimum absolute atomic E-state index is 0.0409. The van der Waals surface area contributed by atoms with Crippen molar-refractivity contribution in [1.29, 1.82) is 0 Å². The predicted octanol–water partition coefficient (Wildman–Crippen LogP) is 15.6. The summed E-state index contributed by atoms with van der Waals surface area (Å²) in [6.07, 6.45) is 0. The van der Waals surface area contributed by atoms with Crippen LogP contribution in [0.2, 0.25) is 0 Å². The van der Waals surface area contributed by atoms with E-state index in [0.29, 0.717) is 68.5 Å². The summed E-state index contributed by atoms with van der Waals surface area (Å²) in [6, 6.07) is 36.9. The molecule has 476 valence electrons. The molecule has 16 heteroatoms. The van der Waals surface area contributed by atoms with Crippen molar-refractivity contribution in [3.8, 4) is 46.0 Å². The second-order valence-electron chi connectivity index (χ2n) is 27.7. The molecule has 0 bridgehead atoms. The van der Waals surface area contributed by atoms with E-state index >= 15 is 19.2 Å². The highest BCUT2D eigenvalue weighted by Gasteiger charge is 2.42. The van der Waals surface area contributed by atoms with Crippen LogP contribution >= 0.6 is 0 Å². The van der Waals surface area contributed by atoms with Crippen molar-refractivity contribution in [3.63, 3.8) is 0 Å². The molecular formula is C76H80N4O12. The smallest absolute Gasteiger partial charge is 0.262 e. The van der Waals surface area contributed by atoms with Gasteiger partial charge in [-0.2, -0.15) is 0 Å². The molecule has 6 amide bonds. The topological polar surface area (TPSA) is 188 Å². The van der Waals surface area contributed by atoms with Gasteiger partial charge in [0.2, 0.25) is 11.8 Å². The molecule has 2 aliphatic rings. The largest absolute Gasteiger partial charge is 0.457 e. The number of hydrogen-bond acceptors (Lipinski definition) is 12. The quantitative estimate of drug-likeness (QED) is 0.0318. The molecule has 0 unspecified atom stereocenters. The third-order valence-electron chi connectivity index (χ3n) is 17.0. The predicted molar refractivity (Wildman–Crippen MR) is 358 cm³/mol. The number of carbonyl (C=O) groups is 6. The summed E-state index contributed by atoms with van der Waals surface area (Å²) in [6.45, 7) is 29.3. The molecule has 2 N–H and O–H groups in total. The first-order valence-corrected chi connectivity index (χ1v) is 31.5. The summed E-state index contributed by atoms with van der Waals surface area (Å²) in [5.74, 6) is -2.20. The number of imide groups is 2. The maximum absolute atomic E-state index is 15.6. The Morgan fingerprint density at radius 1 is 0.348 bits per heavy atom. The summed E-state index contributed by atoms with van der Waals surface area (Å²) in [7, 11) is 0. The fraction of sp³-hybridized carbons (Fsp3) is 0.342. The first-order chi connectivity index (χ1) is 43.5. The number of fused-ring (bicyclic) bond motifs is 2. The molecule has 11 rings (SSSR count). The van der Waals surface area contributed by atoms with Gasteiger partial charge in [0.05, 0.1) is 35.5 Å². The van der Waals surface area contributed by atoms with Crippen LogP contribution in [0.5, 0.6) is 46.0 Å². The zero-order valence-corrected chi connectivity index (χ0v) is 55.0. The number of rotatable bonds is 20. The summed E-state index contributed by atoms with van der Waals surface area (Å²) in [4.78, 5) is 92.0. The monoisotopic (exact) mass is 1240 g/mol. The zero-order chi connectivity index (χ0) is 65.9. The Morgan fingerprint density at radius 2 is 0.576 bits per heavy atom. The molecule has 0 aromatic heterocycles. The first-order valence-electron chi connectivity index (χ1n) is 31.5. The van der Waals surface area contributed by atoms with Gasteiger partial charge in [0, 0.05) is 69.4 Å². The molecule has 0 spiro atoms. The minimum Gasteiger partial charge on any atom is -0.457 e. The van der Waals surface area contributed by atoms with E-state index in [2.05, 4.69) is 93.7 Å². The highest BCUT2D eigenvalue weighted by atomic mass is 16.5. The molecule has 16 nitrogen and oxygen atoms in total. The van der Waals surface area contributed by atoms with Crippen LogP contribution in [-0.4, -0.2) is 97.8 Å². The number of nitrogens with zero attached hydrogens (tertiary/aromatic N) is 2. The summed E-state index contributed by atoms with van der Waals surface area (Å²) in [5, 5.41) is 7.96. The van der Waals surface area contributed by atoms with Gasteiger partial charge in [-0.1, -0.05) is 132 Å². The Balaban J connectivity index is 1.31. The lowest BCUT2D eigenvalue weighted by Crippen LogP contribution is -2.46. The van der Waals surface area contributed by atoms with E-state index in [9.17, 15) is 9.59 Å². The van der Waals surface area contributed by atoms with E-state index in [0.717, 1.165) is 32.1 Å². The van der Waals surface area contributed by atoms with Crippen molar-refractivity contribution in [1.82, 2.24) is 20.4 Å². The van der Waals surface area contributed by atoms with Crippen LogP contribution in [0.15, 0.2) is 121 Å². The number of carbonyl (C=O) groups excluding carboxylic acids is 6. The molecule has 0 saturated heterocycles. The van der Waals surface area contributed by atoms with Crippen molar-refractivity contribution < 1.29 is 57.2 Å². The van der Waals surface area contributed by atoms with Crippen LogP contribution in [-0.2, 0) is 40.7 Å². The molecule has 0 aliphatic carbocycles. The SMILES string of the molecule is CCOCCNC(=O)CN1C(=O)c2cc(Oc3ccc(C(C)(C)C)cc3)c3c4c(Oc5ccc(C(C)(C)C)cc5)cc5c6c(cc(Oc7ccc(C(C)(C)C)cc7)c(c7c(Oc8ccc(C(C)(C)C)cc8)cc(c2c37)C1=O)c64)C(=O)N(CC(=O)NCCOCC)C5=O.